The molecule has 1 aromatic rings. The zero-order valence-corrected chi connectivity index (χ0v) is 14.6. The van der Waals surface area contributed by atoms with E-state index in [1.54, 1.807) is 4.90 Å². The van der Waals surface area contributed by atoms with Crippen molar-refractivity contribution < 1.29 is 18.0 Å². The topological polar surface area (TPSA) is 45.2 Å². The second-order valence-electron chi connectivity index (χ2n) is 5.87. The van der Waals surface area contributed by atoms with E-state index < -0.39 is 11.9 Å². The summed E-state index contributed by atoms with van der Waals surface area (Å²) in [5.41, 5.74) is -0.585. The van der Waals surface area contributed by atoms with Crippen LogP contribution in [-0.4, -0.2) is 42.0 Å². The molecule has 24 heavy (non-hydrogen) atoms. The zero-order chi connectivity index (χ0) is 17.0. The third-order valence-electron chi connectivity index (χ3n) is 4.19. The van der Waals surface area contributed by atoms with Crippen LogP contribution in [0.5, 0.6) is 0 Å². The summed E-state index contributed by atoms with van der Waals surface area (Å²) in [5, 5.41) is 3.30. The smallest absolute Gasteiger partial charge is 0.339 e. The van der Waals surface area contributed by atoms with Gasteiger partial charge in [-0.1, -0.05) is 6.92 Å². The fraction of sp³-hybridized carbons (Fsp3) is 0.625. The van der Waals surface area contributed by atoms with E-state index in [9.17, 15) is 18.0 Å². The Morgan fingerprint density at radius 1 is 1.33 bits per heavy atom. The fourth-order valence-electron chi connectivity index (χ4n) is 2.80. The second-order valence-corrected chi connectivity index (χ2v) is 5.87. The molecule has 1 aliphatic rings. The van der Waals surface area contributed by atoms with Crippen LogP contribution in [0.2, 0.25) is 0 Å². The van der Waals surface area contributed by atoms with Crippen LogP contribution in [0.3, 0.4) is 0 Å². The molecule has 0 aromatic carbocycles. The number of alkyl halides is 3. The molecule has 136 valence electrons. The molecule has 2 heterocycles. The molecule has 2 rings (SSSR count). The molecular formula is C16H23ClF3N3O. The molecule has 0 atom stereocenters. The first-order valence-corrected chi connectivity index (χ1v) is 7.87. The molecule has 1 saturated heterocycles. The van der Waals surface area contributed by atoms with Gasteiger partial charge in [-0.2, -0.15) is 13.2 Å². The number of rotatable bonds is 4. The minimum Gasteiger partial charge on any atom is -0.339 e. The molecular weight excluding hydrogens is 343 g/mol. The number of nitrogens with one attached hydrogen (secondary N) is 1. The lowest BCUT2D eigenvalue weighted by atomic mass is 9.96. The lowest BCUT2D eigenvalue weighted by Crippen LogP contribution is -2.41. The van der Waals surface area contributed by atoms with Crippen molar-refractivity contribution in [3.05, 3.63) is 29.1 Å². The first kappa shape index (κ1) is 20.7. The summed E-state index contributed by atoms with van der Waals surface area (Å²) in [4.78, 5) is 17.7. The van der Waals surface area contributed by atoms with Crippen LogP contribution in [0.25, 0.3) is 0 Å². The van der Waals surface area contributed by atoms with E-state index in [-0.39, 0.29) is 29.6 Å². The highest BCUT2D eigenvalue weighted by molar-refractivity contribution is 5.95. The van der Waals surface area contributed by atoms with Gasteiger partial charge in [-0.05, 0) is 50.9 Å². The average Bonchev–Trinajstić information content (AvgIpc) is 2.52. The number of carbonyl (C=O) groups is 1. The van der Waals surface area contributed by atoms with Gasteiger partial charge in [0.05, 0.1) is 11.3 Å². The molecule has 0 spiro atoms. The normalized spacial score (nSPS) is 16.0. The largest absolute Gasteiger partial charge is 0.433 e. The maximum absolute atomic E-state index is 12.6. The van der Waals surface area contributed by atoms with E-state index in [2.05, 4.69) is 17.2 Å². The quantitative estimate of drug-likeness (QED) is 0.890. The Balaban J connectivity index is 0.00000288. The summed E-state index contributed by atoms with van der Waals surface area (Å²) in [6.45, 7) is 6.64. The summed E-state index contributed by atoms with van der Waals surface area (Å²) < 4.78 is 37.9. The summed E-state index contributed by atoms with van der Waals surface area (Å²) in [7, 11) is 0. The van der Waals surface area contributed by atoms with E-state index in [1.165, 1.54) is 13.0 Å². The van der Waals surface area contributed by atoms with Crippen molar-refractivity contribution in [2.75, 3.05) is 26.2 Å². The van der Waals surface area contributed by atoms with Crippen molar-refractivity contribution >= 4 is 18.3 Å². The Hall–Kier alpha value is -1.34. The van der Waals surface area contributed by atoms with E-state index in [0.717, 1.165) is 32.0 Å². The van der Waals surface area contributed by atoms with Crippen LogP contribution in [0.4, 0.5) is 13.2 Å². The van der Waals surface area contributed by atoms with Crippen molar-refractivity contribution in [1.29, 1.82) is 0 Å². The molecule has 0 saturated carbocycles. The molecule has 1 aliphatic heterocycles. The van der Waals surface area contributed by atoms with Crippen LogP contribution in [0.1, 0.15) is 41.5 Å². The van der Waals surface area contributed by atoms with Crippen molar-refractivity contribution in [2.45, 2.75) is 32.9 Å². The molecule has 1 N–H and O–H groups in total. The summed E-state index contributed by atoms with van der Waals surface area (Å²) in [5.74, 6) is 0.316. The average molecular weight is 366 g/mol. The van der Waals surface area contributed by atoms with Gasteiger partial charge < -0.3 is 10.2 Å². The Morgan fingerprint density at radius 3 is 2.46 bits per heavy atom. The van der Waals surface area contributed by atoms with Crippen molar-refractivity contribution in [3.8, 4) is 0 Å². The van der Waals surface area contributed by atoms with Gasteiger partial charge in [-0.25, -0.2) is 4.98 Å². The number of halogens is 4. The van der Waals surface area contributed by atoms with Crippen LogP contribution in [0.15, 0.2) is 12.1 Å². The molecule has 1 fully saturated rings. The third-order valence-corrected chi connectivity index (χ3v) is 4.19. The fourth-order valence-corrected chi connectivity index (χ4v) is 2.80. The number of likely N-dealkylation sites (tertiary alicyclic amines) is 1. The summed E-state index contributed by atoms with van der Waals surface area (Å²) in [6.07, 6.45) is -2.67. The predicted octanol–water partition coefficient (Wildman–Crippen LogP) is 3.29. The minimum absolute atomic E-state index is 0. The third kappa shape index (κ3) is 5.08. The SMILES string of the molecule is CCNCC1CCN(C(=O)c2ccc(C(F)(F)F)nc2C)CC1.Cl. The number of aryl methyl sites for hydroxylation is 1. The number of pyridine rings is 1. The summed E-state index contributed by atoms with van der Waals surface area (Å²) >= 11 is 0. The van der Waals surface area contributed by atoms with Gasteiger partial charge in [0.15, 0.2) is 0 Å². The molecule has 4 nitrogen and oxygen atoms in total. The molecule has 0 aliphatic carbocycles. The number of piperidine rings is 1. The van der Waals surface area contributed by atoms with Gasteiger partial charge >= 0.3 is 6.18 Å². The second kappa shape index (κ2) is 8.67. The monoisotopic (exact) mass is 365 g/mol. The van der Waals surface area contributed by atoms with E-state index in [0.29, 0.717) is 19.0 Å². The number of hydrogen-bond donors (Lipinski definition) is 1. The predicted molar refractivity (Wildman–Crippen MR) is 88.4 cm³/mol. The van der Waals surface area contributed by atoms with E-state index in [1.807, 2.05) is 0 Å². The Bertz CT molecular complexity index is 558. The maximum Gasteiger partial charge on any atom is 0.433 e. The first-order valence-electron chi connectivity index (χ1n) is 7.87. The van der Waals surface area contributed by atoms with Crippen LogP contribution < -0.4 is 5.32 Å². The van der Waals surface area contributed by atoms with E-state index >= 15 is 0 Å². The highest BCUT2D eigenvalue weighted by Crippen LogP contribution is 2.28. The number of aromatic nitrogens is 1. The Morgan fingerprint density at radius 2 is 1.96 bits per heavy atom. The lowest BCUT2D eigenvalue weighted by molar-refractivity contribution is -0.141. The highest BCUT2D eigenvalue weighted by atomic mass is 35.5. The number of nitrogens with zero attached hydrogens (tertiary/aromatic N) is 2. The Labute approximate surface area is 146 Å². The highest BCUT2D eigenvalue weighted by Gasteiger charge is 2.33. The van der Waals surface area contributed by atoms with Crippen LogP contribution in [-0.2, 0) is 6.18 Å². The van der Waals surface area contributed by atoms with E-state index in [4.69, 9.17) is 0 Å². The van der Waals surface area contributed by atoms with Gasteiger partial charge in [-0.15, -0.1) is 12.4 Å². The Kier molecular flexibility index (Phi) is 7.48. The van der Waals surface area contributed by atoms with Crippen LogP contribution >= 0.6 is 12.4 Å². The van der Waals surface area contributed by atoms with Crippen molar-refractivity contribution in [2.24, 2.45) is 5.92 Å². The van der Waals surface area contributed by atoms with Gasteiger partial charge in [0, 0.05) is 13.1 Å². The molecule has 1 aromatic heterocycles. The van der Waals surface area contributed by atoms with Crippen molar-refractivity contribution in [3.63, 3.8) is 0 Å². The zero-order valence-electron chi connectivity index (χ0n) is 13.8. The maximum atomic E-state index is 12.6. The number of amides is 1. The minimum atomic E-state index is -4.49. The van der Waals surface area contributed by atoms with Gasteiger partial charge in [0.1, 0.15) is 5.69 Å². The molecule has 1 amide bonds. The van der Waals surface area contributed by atoms with Gasteiger partial charge in [0.25, 0.3) is 5.91 Å². The molecule has 0 bridgehead atoms. The molecule has 0 unspecified atom stereocenters. The van der Waals surface area contributed by atoms with Gasteiger partial charge in [0.2, 0.25) is 0 Å². The van der Waals surface area contributed by atoms with Crippen molar-refractivity contribution in [1.82, 2.24) is 15.2 Å². The lowest BCUT2D eigenvalue weighted by Gasteiger charge is -2.32. The standard InChI is InChI=1S/C16H22F3N3O.ClH/c1-3-20-10-12-6-8-22(9-7-12)15(23)13-4-5-14(16(17,18)19)21-11(13)2;/h4-5,12,20H,3,6-10H2,1-2H3;1H. The van der Waals surface area contributed by atoms with Gasteiger partial charge in [-0.3, -0.25) is 4.79 Å². The molecule has 0 radical (unpaired) electrons. The number of hydrogen-bond acceptors (Lipinski definition) is 3. The first-order chi connectivity index (χ1) is 10.8. The molecule has 8 heteroatoms. The summed E-state index contributed by atoms with van der Waals surface area (Å²) in [6, 6.07) is 2.11. The van der Waals surface area contributed by atoms with Crippen LogP contribution in [0, 0.1) is 12.8 Å². The number of carbonyl (C=O) groups excluding carboxylic acids is 1.